The highest BCUT2D eigenvalue weighted by atomic mass is 79.9. The number of nitrogens with zero attached hydrogens (tertiary/aromatic N) is 2. The van der Waals surface area contributed by atoms with Crippen LogP contribution in [0.15, 0.2) is 110 Å². The monoisotopic (exact) mass is 551 g/mol. The maximum absolute atomic E-state index is 13.6. The molecule has 6 nitrogen and oxygen atoms in total. The Morgan fingerprint density at radius 1 is 1.00 bits per heavy atom. The number of fused-ring (bicyclic) bond motifs is 1. The van der Waals surface area contributed by atoms with Crippen LogP contribution in [0.4, 0.5) is 0 Å². The van der Waals surface area contributed by atoms with Crippen molar-refractivity contribution in [1.29, 1.82) is 0 Å². The van der Waals surface area contributed by atoms with Crippen molar-refractivity contribution in [2.24, 2.45) is 5.10 Å². The van der Waals surface area contributed by atoms with Gasteiger partial charge in [-0.2, -0.15) is 5.10 Å². The molecule has 0 spiro atoms. The number of aromatic amines is 1. The van der Waals surface area contributed by atoms with Gasteiger partial charge >= 0.3 is 0 Å². The van der Waals surface area contributed by atoms with Gasteiger partial charge in [-0.05, 0) is 55.0 Å². The largest absolute Gasteiger partial charge is 0.467 e. The lowest BCUT2D eigenvalue weighted by Crippen LogP contribution is -2.26. The van der Waals surface area contributed by atoms with Crippen molar-refractivity contribution < 1.29 is 9.21 Å². The lowest BCUT2D eigenvalue weighted by atomic mass is 9.92. The number of nitrogens with one attached hydrogen (secondary N) is 1. The Morgan fingerprint density at radius 2 is 1.78 bits per heavy atom. The van der Waals surface area contributed by atoms with E-state index in [9.17, 15) is 9.59 Å². The summed E-state index contributed by atoms with van der Waals surface area (Å²) < 4.78 is 6.61. The van der Waals surface area contributed by atoms with Crippen LogP contribution < -0.4 is 5.56 Å². The maximum Gasteiger partial charge on any atom is 0.274 e. The number of aryl methyl sites for hydroxylation is 1. The number of benzene rings is 3. The summed E-state index contributed by atoms with van der Waals surface area (Å²) in [4.78, 5) is 30.2. The molecule has 1 atom stereocenters. The highest BCUT2D eigenvalue weighted by Crippen LogP contribution is 2.38. The Hall–Kier alpha value is -4.23. The van der Waals surface area contributed by atoms with Crippen LogP contribution in [-0.2, 0) is 0 Å². The van der Waals surface area contributed by atoms with Gasteiger partial charge in [0.15, 0.2) is 0 Å². The van der Waals surface area contributed by atoms with Gasteiger partial charge in [-0.1, -0.05) is 64.0 Å². The second kappa shape index (κ2) is 9.33. The molecule has 182 valence electrons. The molecule has 3 heterocycles. The Kier molecular flexibility index (Phi) is 5.85. The summed E-state index contributed by atoms with van der Waals surface area (Å²) in [6, 6.07) is 26.1. The van der Waals surface area contributed by atoms with Gasteiger partial charge in [0.1, 0.15) is 11.8 Å². The number of furan rings is 1. The normalized spacial score (nSPS) is 15.2. The fraction of sp³-hybridized carbons (Fsp3) is 0.100. The van der Waals surface area contributed by atoms with E-state index in [0.29, 0.717) is 29.0 Å². The van der Waals surface area contributed by atoms with Crippen LogP contribution in [0.1, 0.15) is 39.7 Å². The van der Waals surface area contributed by atoms with E-state index < -0.39 is 6.04 Å². The number of rotatable bonds is 4. The molecule has 37 heavy (non-hydrogen) atoms. The third kappa shape index (κ3) is 4.21. The van der Waals surface area contributed by atoms with Gasteiger partial charge in [0.25, 0.3) is 11.5 Å². The van der Waals surface area contributed by atoms with Crippen molar-refractivity contribution in [3.63, 3.8) is 0 Å². The minimum atomic E-state index is -0.472. The van der Waals surface area contributed by atoms with Crippen LogP contribution in [0.2, 0.25) is 0 Å². The molecule has 2 aromatic heterocycles. The molecule has 0 radical (unpaired) electrons. The van der Waals surface area contributed by atoms with Crippen LogP contribution in [-0.4, -0.2) is 21.6 Å². The molecule has 0 fully saturated rings. The van der Waals surface area contributed by atoms with Gasteiger partial charge in [0.2, 0.25) is 0 Å². The van der Waals surface area contributed by atoms with Gasteiger partial charge in [-0.3, -0.25) is 9.59 Å². The van der Waals surface area contributed by atoms with Crippen molar-refractivity contribution in [3.05, 3.63) is 128 Å². The predicted octanol–water partition coefficient (Wildman–Crippen LogP) is 6.85. The Labute approximate surface area is 221 Å². The van der Waals surface area contributed by atoms with E-state index in [0.717, 1.165) is 32.1 Å². The first kappa shape index (κ1) is 23.2. The number of carbonyl (C=O) groups is 1. The van der Waals surface area contributed by atoms with E-state index in [1.54, 1.807) is 24.5 Å². The number of halogens is 1. The number of hydrazone groups is 1. The molecule has 0 saturated heterocycles. The molecular weight excluding hydrogens is 530 g/mol. The van der Waals surface area contributed by atoms with Crippen LogP contribution in [0.25, 0.3) is 22.0 Å². The third-order valence-corrected chi connectivity index (χ3v) is 7.11. The fourth-order valence-corrected chi connectivity index (χ4v) is 5.19. The SMILES string of the molecule is Cc1ccc(C(=O)N2N=C(c3c(-c4ccccc4)c4cc(Br)ccc4[nH]c3=O)C[C@@H]2c2ccco2)cc1. The molecule has 0 unspecified atom stereocenters. The third-order valence-electron chi connectivity index (χ3n) is 6.62. The molecular formula is C30H22BrN3O3. The highest BCUT2D eigenvalue weighted by molar-refractivity contribution is 9.10. The molecule has 0 aliphatic carbocycles. The summed E-state index contributed by atoms with van der Waals surface area (Å²) in [5, 5.41) is 7.11. The summed E-state index contributed by atoms with van der Waals surface area (Å²) in [5.41, 5.74) is 4.71. The van der Waals surface area contributed by atoms with Crippen molar-refractivity contribution in [3.8, 4) is 11.1 Å². The number of carbonyl (C=O) groups excluding carboxylic acids is 1. The second-order valence-electron chi connectivity index (χ2n) is 9.06. The molecule has 7 heteroatoms. The molecule has 1 aliphatic heterocycles. The summed E-state index contributed by atoms with van der Waals surface area (Å²) in [7, 11) is 0. The average Bonchev–Trinajstić information content (AvgIpc) is 3.59. The van der Waals surface area contributed by atoms with Crippen molar-refractivity contribution in [2.45, 2.75) is 19.4 Å². The number of H-pyrrole nitrogens is 1. The zero-order valence-corrected chi connectivity index (χ0v) is 21.5. The van der Waals surface area contributed by atoms with Gasteiger partial charge in [-0.15, -0.1) is 0 Å². The molecule has 3 aromatic carbocycles. The number of pyridine rings is 1. The summed E-state index contributed by atoms with van der Waals surface area (Å²) in [6.45, 7) is 1.97. The summed E-state index contributed by atoms with van der Waals surface area (Å²) in [5.74, 6) is 0.359. The predicted molar refractivity (Wildman–Crippen MR) is 148 cm³/mol. The number of hydrogen-bond donors (Lipinski definition) is 1. The quantitative estimate of drug-likeness (QED) is 0.265. The summed E-state index contributed by atoms with van der Waals surface area (Å²) in [6.07, 6.45) is 1.92. The number of hydrogen-bond acceptors (Lipinski definition) is 4. The maximum atomic E-state index is 13.6. The lowest BCUT2D eigenvalue weighted by Gasteiger charge is -2.20. The smallest absolute Gasteiger partial charge is 0.274 e. The van der Waals surface area contributed by atoms with Gasteiger partial charge in [-0.25, -0.2) is 5.01 Å². The van der Waals surface area contributed by atoms with E-state index in [-0.39, 0.29) is 11.5 Å². The Bertz CT molecular complexity index is 1710. The molecule has 5 aromatic rings. The van der Waals surface area contributed by atoms with E-state index in [1.165, 1.54) is 5.01 Å². The standard InChI is InChI=1S/C30H22BrN3O3/c1-18-9-11-20(12-10-18)30(36)34-25(26-8-5-15-37-26)17-24(33-34)28-27(19-6-3-2-4-7-19)22-16-21(31)13-14-23(22)32-29(28)35/h2-16,25H,17H2,1H3,(H,32,35)/t25-/m1/s1. The summed E-state index contributed by atoms with van der Waals surface area (Å²) >= 11 is 3.57. The lowest BCUT2D eigenvalue weighted by molar-refractivity contribution is 0.0693. The zero-order chi connectivity index (χ0) is 25.5. The molecule has 1 amide bonds. The Morgan fingerprint density at radius 3 is 2.51 bits per heavy atom. The number of aromatic nitrogens is 1. The first-order valence-electron chi connectivity index (χ1n) is 11.9. The van der Waals surface area contributed by atoms with E-state index >= 15 is 0 Å². The first-order valence-corrected chi connectivity index (χ1v) is 12.7. The molecule has 1 aliphatic rings. The second-order valence-corrected chi connectivity index (χ2v) is 9.97. The van der Waals surface area contributed by atoms with Crippen molar-refractivity contribution in [2.75, 3.05) is 0 Å². The minimum Gasteiger partial charge on any atom is -0.467 e. The molecule has 6 rings (SSSR count). The Balaban J connectivity index is 1.56. The van der Waals surface area contributed by atoms with Gasteiger partial charge in [0.05, 0.1) is 17.5 Å². The average molecular weight is 552 g/mol. The van der Waals surface area contributed by atoms with Crippen LogP contribution >= 0.6 is 15.9 Å². The molecule has 0 bridgehead atoms. The fourth-order valence-electron chi connectivity index (χ4n) is 4.82. The van der Waals surface area contributed by atoms with E-state index in [4.69, 9.17) is 9.52 Å². The highest BCUT2D eigenvalue weighted by Gasteiger charge is 2.37. The van der Waals surface area contributed by atoms with E-state index in [2.05, 4.69) is 20.9 Å². The van der Waals surface area contributed by atoms with Crippen LogP contribution in [0.5, 0.6) is 0 Å². The minimum absolute atomic E-state index is 0.252. The van der Waals surface area contributed by atoms with Gasteiger partial charge in [0, 0.05) is 32.9 Å². The zero-order valence-electron chi connectivity index (χ0n) is 19.9. The van der Waals surface area contributed by atoms with Crippen LogP contribution in [0, 0.1) is 6.92 Å². The molecule has 1 N–H and O–H groups in total. The van der Waals surface area contributed by atoms with E-state index in [1.807, 2.05) is 73.7 Å². The topological polar surface area (TPSA) is 78.7 Å². The van der Waals surface area contributed by atoms with Gasteiger partial charge < -0.3 is 9.40 Å². The van der Waals surface area contributed by atoms with Crippen molar-refractivity contribution in [1.82, 2.24) is 9.99 Å². The number of amides is 1. The van der Waals surface area contributed by atoms with Crippen LogP contribution in [0.3, 0.4) is 0 Å². The first-order chi connectivity index (χ1) is 18.0. The molecule has 0 saturated carbocycles. The van der Waals surface area contributed by atoms with Crippen molar-refractivity contribution >= 4 is 38.5 Å².